The van der Waals surface area contributed by atoms with Crippen molar-refractivity contribution in [3.05, 3.63) is 46.8 Å². The van der Waals surface area contributed by atoms with E-state index in [-0.39, 0.29) is 35.9 Å². The van der Waals surface area contributed by atoms with Gasteiger partial charge in [-0.1, -0.05) is 24.0 Å². The molecule has 5 rings (SSSR count). The van der Waals surface area contributed by atoms with Gasteiger partial charge in [0.1, 0.15) is 12.4 Å². The summed E-state index contributed by atoms with van der Waals surface area (Å²) in [5.41, 5.74) is 1.92. The minimum Gasteiger partial charge on any atom is -0.495 e. The van der Waals surface area contributed by atoms with Crippen molar-refractivity contribution in [1.82, 2.24) is 4.90 Å². The Morgan fingerprint density at radius 1 is 1.21 bits per heavy atom. The minimum atomic E-state index is -3.88. The van der Waals surface area contributed by atoms with Crippen LogP contribution in [0.1, 0.15) is 23.3 Å². The Morgan fingerprint density at radius 2 is 2.00 bits per heavy atom. The molecule has 1 atom stereocenters. The summed E-state index contributed by atoms with van der Waals surface area (Å²) in [6, 6.07) is 10.1. The first-order valence-electron chi connectivity index (χ1n) is 13.7. The van der Waals surface area contributed by atoms with Gasteiger partial charge in [-0.15, -0.1) is 11.3 Å². The van der Waals surface area contributed by atoms with Crippen molar-refractivity contribution in [1.29, 1.82) is 0 Å². The first kappa shape index (κ1) is 30.8. The lowest BCUT2D eigenvalue weighted by atomic mass is 10.0. The number of nitrogens with two attached hydrogens (primary N) is 1. The second-order valence-corrected chi connectivity index (χ2v) is 12.9. The van der Waals surface area contributed by atoms with Gasteiger partial charge >= 0.3 is 6.16 Å². The number of likely N-dealkylation sites (tertiary alicyclic amines) is 1. The van der Waals surface area contributed by atoms with Gasteiger partial charge in [0.05, 0.1) is 39.5 Å². The van der Waals surface area contributed by atoms with Gasteiger partial charge in [-0.3, -0.25) is 4.90 Å². The highest BCUT2D eigenvalue weighted by Gasteiger charge is 2.29. The van der Waals surface area contributed by atoms with Crippen molar-refractivity contribution >= 4 is 49.0 Å². The molecule has 1 aromatic heterocycles. The number of hydrogen-bond donors (Lipinski definition) is 3. The standard InChI is InChI=1S/C29H32F2N4O6S2/c1-39-25-14-20(43(32,37)38)7-8-23(25)33-11-3-6-26-22(15-27(30)31)21-4-2-5-24(28(21)42-26)34-18-9-12-35(13-10-18)16-19-17-40-29(36)41-19/h2,4-5,7-8,14,18-19,27,33-34H,9-13,15-17H2,1H3,(H2,32,37,38). The second-order valence-electron chi connectivity index (χ2n) is 10.3. The summed E-state index contributed by atoms with van der Waals surface area (Å²) in [5, 5.41) is 12.6. The number of ether oxygens (including phenoxy) is 3. The quantitative estimate of drug-likeness (QED) is 0.221. The topological polar surface area (TPSA) is 132 Å². The molecule has 0 radical (unpaired) electrons. The number of carbonyl (C=O) groups is 1. The fourth-order valence-electron chi connectivity index (χ4n) is 5.22. The largest absolute Gasteiger partial charge is 0.508 e. The van der Waals surface area contributed by atoms with Gasteiger partial charge in [0, 0.05) is 38.2 Å². The molecule has 2 saturated heterocycles. The molecule has 2 fully saturated rings. The molecule has 2 aliphatic rings. The molecule has 4 N–H and O–H groups in total. The number of alkyl halides is 2. The number of primary sulfonamides is 1. The molecule has 3 aromatic rings. The number of sulfonamides is 1. The number of nitrogens with zero attached hydrogens (tertiary/aromatic N) is 1. The molecule has 0 bridgehead atoms. The Morgan fingerprint density at radius 3 is 2.67 bits per heavy atom. The molecule has 2 aromatic carbocycles. The summed E-state index contributed by atoms with van der Waals surface area (Å²) in [6.45, 7) is 2.76. The number of carbonyl (C=O) groups excluding carboxylic acids is 1. The van der Waals surface area contributed by atoms with Gasteiger partial charge in [-0.2, -0.15) is 0 Å². The van der Waals surface area contributed by atoms with Crippen molar-refractivity contribution in [3.8, 4) is 17.6 Å². The highest BCUT2D eigenvalue weighted by atomic mass is 32.2. The average molecular weight is 635 g/mol. The van der Waals surface area contributed by atoms with Crippen molar-refractivity contribution in [2.75, 3.05) is 50.5 Å². The highest BCUT2D eigenvalue weighted by molar-refractivity contribution is 7.89. The van der Waals surface area contributed by atoms with Crippen LogP contribution in [0.15, 0.2) is 41.3 Å². The Balaban J connectivity index is 1.28. The predicted molar refractivity (Wildman–Crippen MR) is 161 cm³/mol. The zero-order valence-corrected chi connectivity index (χ0v) is 25.0. The third-order valence-corrected chi connectivity index (χ3v) is 9.41. The van der Waals surface area contributed by atoms with Gasteiger partial charge < -0.3 is 24.8 Å². The number of piperidine rings is 1. The maximum atomic E-state index is 13.6. The number of halogens is 2. The first-order valence-corrected chi connectivity index (χ1v) is 16.1. The van der Waals surface area contributed by atoms with E-state index in [2.05, 4.69) is 27.4 Å². The number of nitrogens with one attached hydrogen (secondary N) is 2. The van der Waals surface area contributed by atoms with Crippen LogP contribution in [0, 0.1) is 11.8 Å². The van der Waals surface area contributed by atoms with Crippen LogP contribution in [0.3, 0.4) is 0 Å². The molecule has 2 aliphatic heterocycles. The lowest BCUT2D eigenvalue weighted by Crippen LogP contribution is -2.43. The molecule has 43 heavy (non-hydrogen) atoms. The number of hydrogen-bond acceptors (Lipinski definition) is 10. The lowest BCUT2D eigenvalue weighted by Gasteiger charge is -2.33. The summed E-state index contributed by atoms with van der Waals surface area (Å²) >= 11 is 1.39. The molecular weight excluding hydrogens is 602 g/mol. The zero-order chi connectivity index (χ0) is 30.6. The maximum absolute atomic E-state index is 13.6. The van der Waals surface area contributed by atoms with Crippen LogP contribution in [-0.4, -0.2) is 77.9 Å². The van der Waals surface area contributed by atoms with Crippen LogP contribution < -0.4 is 20.5 Å². The summed E-state index contributed by atoms with van der Waals surface area (Å²) in [6.07, 6.45) is -2.02. The highest BCUT2D eigenvalue weighted by Crippen LogP contribution is 2.38. The predicted octanol–water partition coefficient (Wildman–Crippen LogP) is 4.24. The Labute approximate surface area is 252 Å². The van der Waals surface area contributed by atoms with E-state index in [0.29, 0.717) is 22.7 Å². The van der Waals surface area contributed by atoms with Gasteiger partial charge in [-0.05, 0) is 42.0 Å². The Hall–Kier alpha value is -3.64. The van der Waals surface area contributed by atoms with Crippen molar-refractivity contribution in [2.24, 2.45) is 5.14 Å². The van der Waals surface area contributed by atoms with E-state index in [1.807, 2.05) is 18.2 Å². The Bertz CT molecular complexity index is 1650. The Kier molecular flexibility index (Phi) is 9.55. The molecule has 10 nitrogen and oxygen atoms in total. The van der Waals surface area contributed by atoms with E-state index in [1.165, 1.54) is 36.6 Å². The van der Waals surface area contributed by atoms with Crippen LogP contribution in [0.25, 0.3) is 10.1 Å². The number of cyclic esters (lactones) is 2. The van der Waals surface area contributed by atoms with Crippen LogP contribution in [0.4, 0.5) is 25.0 Å². The van der Waals surface area contributed by atoms with Crippen LogP contribution >= 0.6 is 11.3 Å². The third-order valence-electron chi connectivity index (χ3n) is 7.31. The number of benzene rings is 2. The summed E-state index contributed by atoms with van der Waals surface area (Å²) in [4.78, 5) is 13.9. The van der Waals surface area contributed by atoms with Crippen molar-refractivity contribution < 1.29 is 36.2 Å². The van der Waals surface area contributed by atoms with Crippen LogP contribution in [0.2, 0.25) is 0 Å². The molecule has 0 spiro atoms. The molecule has 0 aliphatic carbocycles. The lowest BCUT2D eigenvalue weighted by molar-refractivity contribution is 0.0945. The molecule has 14 heteroatoms. The van der Waals surface area contributed by atoms with E-state index in [0.717, 1.165) is 41.7 Å². The van der Waals surface area contributed by atoms with E-state index in [1.54, 1.807) is 0 Å². The monoisotopic (exact) mass is 634 g/mol. The molecule has 0 amide bonds. The fraction of sp³-hybridized carbons (Fsp3) is 0.414. The van der Waals surface area contributed by atoms with Gasteiger partial charge in [-0.25, -0.2) is 27.1 Å². The minimum absolute atomic E-state index is 0.0793. The number of methoxy groups -OCH3 is 1. The molecular formula is C29H32F2N4O6S2. The summed E-state index contributed by atoms with van der Waals surface area (Å²) in [7, 11) is -2.48. The number of anilines is 2. The normalized spacial score (nSPS) is 17.8. The van der Waals surface area contributed by atoms with Crippen LogP contribution in [-0.2, 0) is 25.9 Å². The van der Waals surface area contributed by atoms with E-state index in [4.69, 9.17) is 19.3 Å². The molecule has 230 valence electrons. The summed E-state index contributed by atoms with van der Waals surface area (Å²) < 4.78 is 66.7. The van der Waals surface area contributed by atoms with Crippen LogP contribution in [0.5, 0.6) is 5.75 Å². The molecule has 0 saturated carbocycles. The number of rotatable bonds is 10. The van der Waals surface area contributed by atoms with Crippen molar-refractivity contribution in [3.63, 3.8) is 0 Å². The van der Waals surface area contributed by atoms with E-state index in [9.17, 15) is 22.0 Å². The van der Waals surface area contributed by atoms with Gasteiger partial charge in [0.2, 0.25) is 16.4 Å². The molecule has 3 heterocycles. The zero-order valence-electron chi connectivity index (χ0n) is 23.4. The maximum Gasteiger partial charge on any atom is 0.508 e. The summed E-state index contributed by atoms with van der Waals surface area (Å²) in [5.74, 6) is 6.34. The number of thiophene rings is 1. The third kappa shape index (κ3) is 7.66. The average Bonchev–Trinajstić information content (AvgIpc) is 3.54. The second kappa shape index (κ2) is 13.3. The first-order chi connectivity index (χ1) is 20.6. The van der Waals surface area contributed by atoms with Gasteiger partial charge in [0.15, 0.2) is 6.10 Å². The smallest absolute Gasteiger partial charge is 0.495 e. The SMILES string of the molecule is COc1cc(S(N)(=O)=O)ccc1NCC#Cc1sc2c(NC3CCN(CC4COC(=O)O4)CC3)cccc2c1CC(F)F. The van der Waals surface area contributed by atoms with Crippen molar-refractivity contribution in [2.45, 2.75) is 42.7 Å². The van der Waals surface area contributed by atoms with E-state index < -0.39 is 29.0 Å². The van der Waals surface area contributed by atoms with Gasteiger partial charge in [0.25, 0.3) is 0 Å². The van der Waals surface area contributed by atoms with E-state index >= 15 is 0 Å². The molecule has 1 unspecified atom stereocenters. The number of fused-ring (bicyclic) bond motifs is 1. The fourth-order valence-corrected chi connectivity index (χ4v) is 6.93.